The van der Waals surface area contributed by atoms with Crippen LogP contribution in [0.1, 0.15) is 5.56 Å². The Morgan fingerprint density at radius 2 is 2.08 bits per heavy atom. The highest BCUT2D eigenvalue weighted by Crippen LogP contribution is 2.21. The van der Waals surface area contributed by atoms with Crippen LogP contribution in [0.25, 0.3) is 10.8 Å². The lowest BCUT2D eigenvalue weighted by Crippen LogP contribution is -1.76. The number of hydrogen-bond acceptors (Lipinski definition) is 1. The lowest BCUT2D eigenvalue weighted by molar-refractivity contribution is 1.47. The molecule has 2 rings (SSSR count). The Balaban J connectivity index is 2.86. The van der Waals surface area contributed by atoms with Crippen molar-refractivity contribution in [1.29, 1.82) is 0 Å². The zero-order valence-corrected chi connectivity index (χ0v) is 7.73. The number of rotatable bonds is 0. The number of aryl methyl sites for hydroxylation is 1. The molecule has 0 aliphatic heterocycles. The molecule has 0 atom stereocenters. The van der Waals surface area contributed by atoms with Gasteiger partial charge in [-0.25, -0.2) is 0 Å². The zero-order chi connectivity index (χ0) is 8.55. The average Bonchev–Trinajstić information content (AvgIpc) is 2.04. The van der Waals surface area contributed by atoms with Crippen LogP contribution >= 0.6 is 12.6 Å². The van der Waals surface area contributed by atoms with Gasteiger partial charge in [-0.05, 0) is 23.8 Å². The van der Waals surface area contributed by atoms with Crippen molar-refractivity contribution in [3.05, 3.63) is 42.0 Å². The van der Waals surface area contributed by atoms with E-state index in [0.717, 1.165) is 4.90 Å². The van der Waals surface area contributed by atoms with Crippen molar-refractivity contribution in [1.82, 2.24) is 0 Å². The summed E-state index contributed by atoms with van der Waals surface area (Å²) in [6.07, 6.45) is 0. The van der Waals surface area contributed by atoms with Gasteiger partial charge in [-0.2, -0.15) is 0 Å². The van der Waals surface area contributed by atoms with E-state index in [1.54, 1.807) is 0 Å². The van der Waals surface area contributed by atoms with Crippen LogP contribution in [0.4, 0.5) is 0 Å². The van der Waals surface area contributed by atoms with Gasteiger partial charge in [-0.1, -0.05) is 35.9 Å². The zero-order valence-electron chi connectivity index (χ0n) is 6.83. The van der Waals surface area contributed by atoms with Crippen LogP contribution in [0.2, 0.25) is 0 Å². The highest BCUT2D eigenvalue weighted by molar-refractivity contribution is 7.80. The van der Waals surface area contributed by atoms with Gasteiger partial charge in [0.2, 0.25) is 0 Å². The van der Waals surface area contributed by atoms with Crippen LogP contribution in [0.5, 0.6) is 0 Å². The molecule has 59 valence electrons. The Morgan fingerprint density at radius 3 is 2.92 bits per heavy atom. The summed E-state index contributed by atoms with van der Waals surface area (Å²) in [5.41, 5.74) is 1.28. The third-order valence-electron chi connectivity index (χ3n) is 1.95. The van der Waals surface area contributed by atoms with Crippen LogP contribution in [0, 0.1) is 13.0 Å². The lowest BCUT2D eigenvalue weighted by atomic mass is 10.1. The molecular formula is C11H9S. The molecule has 0 nitrogen and oxygen atoms in total. The Labute approximate surface area is 77.6 Å². The minimum absolute atomic E-state index is 0.924. The molecule has 0 heterocycles. The van der Waals surface area contributed by atoms with Gasteiger partial charge >= 0.3 is 0 Å². The van der Waals surface area contributed by atoms with Gasteiger partial charge in [0.05, 0.1) is 0 Å². The minimum Gasteiger partial charge on any atom is -0.142 e. The molecule has 0 aliphatic rings. The van der Waals surface area contributed by atoms with Gasteiger partial charge in [0, 0.05) is 4.90 Å². The molecule has 0 spiro atoms. The highest BCUT2D eigenvalue weighted by atomic mass is 32.1. The van der Waals surface area contributed by atoms with E-state index < -0.39 is 0 Å². The van der Waals surface area contributed by atoms with Crippen LogP contribution in [0.3, 0.4) is 0 Å². The van der Waals surface area contributed by atoms with Crippen molar-refractivity contribution >= 4 is 23.4 Å². The smallest absolute Gasteiger partial charge is 0.0198 e. The molecule has 0 amide bonds. The summed E-state index contributed by atoms with van der Waals surface area (Å²) in [5, 5.41) is 2.41. The number of thiol groups is 1. The minimum atomic E-state index is 0.924. The third-order valence-corrected chi connectivity index (χ3v) is 2.32. The van der Waals surface area contributed by atoms with E-state index in [4.69, 9.17) is 0 Å². The van der Waals surface area contributed by atoms with Gasteiger partial charge < -0.3 is 0 Å². The normalized spacial score (nSPS) is 10.5. The Hall–Kier alpha value is -0.950. The Kier molecular flexibility index (Phi) is 1.81. The summed E-state index contributed by atoms with van der Waals surface area (Å²) < 4.78 is 0. The summed E-state index contributed by atoms with van der Waals surface area (Å²) in [5.74, 6) is 0. The summed E-state index contributed by atoms with van der Waals surface area (Å²) in [4.78, 5) is 0.924. The monoisotopic (exact) mass is 173 g/mol. The molecule has 0 saturated carbocycles. The second kappa shape index (κ2) is 2.83. The number of hydrogen-bond donors (Lipinski definition) is 1. The Morgan fingerprint density at radius 1 is 1.25 bits per heavy atom. The van der Waals surface area contributed by atoms with Crippen molar-refractivity contribution in [2.75, 3.05) is 0 Å². The second-order valence-corrected chi connectivity index (χ2v) is 3.36. The highest BCUT2D eigenvalue weighted by Gasteiger charge is 1.95. The van der Waals surface area contributed by atoms with Gasteiger partial charge in [0.1, 0.15) is 0 Å². The largest absolute Gasteiger partial charge is 0.142 e. The van der Waals surface area contributed by atoms with E-state index in [-0.39, 0.29) is 0 Å². The first kappa shape index (κ1) is 7.69. The number of fused-ring (bicyclic) bond motifs is 1. The fourth-order valence-electron chi connectivity index (χ4n) is 1.32. The van der Waals surface area contributed by atoms with E-state index in [1.807, 2.05) is 6.07 Å². The average molecular weight is 173 g/mol. The summed E-state index contributed by atoms with van der Waals surface area (Å²) in [6.45, 7) is 2.09. The third kappa shape index (κ3) is 1.21. The molecule has 0 unspecified atom stereocenters. The molecular weight excluding hydrogens is 164 g/mol. The van der Waals surface area contributed by atoms with Crippen molar-refractivity contribution in [2.45, 2.75) is 11.8 Å². The molecule has 0 saturated heterocycles. The van der Waals surface area contributed by atoms with E-state index >= 15 is 0 Å². The lowest BCUT2D eigenvalue weighted by Gasteiger charge is -2.00. The van der Waals surface area contributed by atoms with Gasteiger partial charge in [-0.15, -0.1) is 12.6 Å². The molecule has 2 aromatic carbocycles. The molecule has 0 N–H and O–H groups in total. The second-order valence-electron chi connectivity index (χ2n) is 2.92. The van der Waals surface area contributed by atoms with Crippen molar-refractivity contribution in [3.63, 3.8) is 0 Å². The van der Waals surface area contributed by atoms with Crippen molar-refractivity contribution in [3.8, 4) is 0 Å². The standard InChI is InChI=1S/C11H9S/c1-8-5-6-10-9(7-8)3-2-4-11(10)12/h2-3,5-7,12H,1H3. The van der Waals surface area contributed by atoms with Crippen LogP contribution < -0.4 is 0 Å². The summed E-state index contributed by atoms with van der Waals surface area (Å²) >= 11 is 4.33. The SMILES string of the molecule is Cc1ccc2c(S)[c]ccc2c1. The first-order chi connectivity index (χ1) is 5.77. The van der Waals surface area contributed by atoms with Gasteiger partial charge in [0.25, 0.3) is 0 Å². The fourth-order valence-corrected chi connectivity index (χ4v) is 1.60. The van der Waals surface area contributed by atoms with Crippen LogP contribution in [-0.2, 0) is 0 Å². The molecule has 0 fully saturated rings. The van der Waals surface area contributed by atoms with Gasteiger partial charge in [0.15, 0.2) is 0 Å². The molecule has 0 aliphatic carbocycles. The molecule has 12 heavy (non-hydrogen) atoms. The van der Waals surface area contributed by atoms with E-state index in [0.29, 0.717) is 0 Å². The van der Waals surface area contributed by atoms with Crippen LogP contribution in [0.15, 0.2) is 35.2 Å². The maximum Gasteiger partial charge on any atom is 0.0198 e. The first-order valence-corrected chi connectivity index (χ1v) is 4.32. The van der Waals surface area contributed by atoms with Crippen molar-refractivity contribution in [2.24, 2.45) is 0 Å². The first-order valence-electron chi connectivity index (χ1n) is 3.87. The van der Waals surface area contributed by atoms with Crippen LogP contribution in [-0.4, -0.2) is 0 Å². The topological polar surface area (TPSA) is 0 Å². The quantitative estimate of drug-likeness (QED) is 0.581. The predicted molar refractivity (Wildman–Crippen MR) is 54.8 cm³/mol. The van der Waals surface area contributed by atoms with Crippen molar-refractivity contribution < 1.29 is 0 Å². The summed E-state index contributed by atoms with van der Waals surface area (Å²) in [6, 6.07) is 13.4. The fraction of sp³-hybridized carbons (Fsp3) is 0.0909. The molecule has 1 radical (unpaired) electrons. The molecule has 0 bridgehead atoms. The maximum absolute atomic E-state index is 4.33. The molecule has 1 heteroatoms. The maximum atomic E-state index is 4.33. The van der Waals surface area contributed by atoms with Gasteiger partial charge in [-0.3, -0.25) is 0 Å². The number of benzene rings is 2. The molecule has 2 aromatic rings. The summed E-state index contributed by atoms with van der Waals surface area (Å²) in [7, 11) is 0. The van der Waals surface area contributed by atoms with E-state index in [2.05, 4.69) is 49.9 Å². The van der Waals surface area contributed by atoms with E-state index in [1.165, 1.54) is 16.3 Å². The molecule has 0 aromatic heterocycles. The predicted octanol–water partition coefficient (Wildman–Crippen LogP) is 3.24. The van der Waals surface area contributed by atoms with E-state index in [9.17, 15) is 0 Å². The Bertz CT molecular complexity index is 418.